The number of piperidine rings is 1. The van der Waals surface area contributed by atoms with Crippen molar-refractivity contribution in [3.05, 3.63) is 23.8 Å². The fourth-order valence-electron chi connectivity index (χ4n) is 3.58. The number of fused-ring (bicyclic) bond motifs is 1. The molecule has 1 aromatic rings. The van der Waals surface area contributed by atoms with Crippen molar-refractivity contribution in [3.8, 4) is 0 Å². The number of hydrogen-bond acceptors (Lipinski definition) is 4. The first kappa shape index (κ1) is 14.4. The summed E-state index contributed by atoms with van der Waals surface area (Å²) < 4.78 is 0. The maximum atomic E-state index is 11.4. The zero-order valence-electron chi connectivity index (χ0n) is 12.6. The summed E-state index contributed by atoms with van der Waals surface area (Å²) >= 11 is 0. The topological polar surface area (TPSA) is 49.6 Å². The van der Waals surface area contributed by atoms with Crippen LogP contribution in [-0.2, 0) is 11.2 Å². The number of anilines is 2. The Hall–Kier alpha value is -1.55. The predicted molar refractivity (Wildman–Crippen MR) is 86.7 cm³/mol. The second kappa shape index (κ2) is 6.48. The van der Waals surface area contributed by atoms with Gasteiger partial charge in [0.2, 0.25) is 0 Å². The standard InChI is InChI=1S/C17H25N3O/c18-15-5-7-17-14(12-15)4-6-16(13-21)20(17)11-10-19-8-2-1-3-9-19/h5,7,12-13,16H,1-4,6,8-11,18H2. The van der Waals surface area contributed by atoms with Gasteiger partial charge in [-0.1, -0.05) is 6.42 Å². The van der Waals surface area contributed by atoms with Crippen molar-refractivity contribution in [1.82, 2.24) is 4.90 Å². The van der Waals surface area contributed by atoms with Crippen LogP contribution in [0.1, 0.15) is 31.2 Å². The average Bonchev–Trinajstić information content (AvgIpc) is 2.53. The molecule has 1 aromatic carbocycles. The van der Waals surface area contributed by atoms with Crippen molar-refractivity contribution in [2.24, 2.45) is 0 Å². The summed E-state index contributed by atoms with van der Waals surface area (Å²) in [5, 5.41) is 0. The highest BCUT2D eigenvalue weighted by Crippen LogP contribution is 2.31. The van der Waals surface area contributed by atoms with Crippen molar-refractivity contribution in [3.63, 3.8) is 0 Å². The highest BCUT2D eigenvalue weighted by molar-refractivity contribution is 5.71. The molecular formula is C17H25N3O. The SMILES string of the molecule is Nc1ccc2c(c1)CCC(C=O)N2CCN1CCCCC1. The van der Waals surface area contributed by atoms with Crippen molar-refractivity contribution in [2.45, 2.75) is 38.1 Å². The van der Waals surface area contributed by atoms with Crippen LogP contribution in [0.4, 0.5) is 11.4 Å². The molecule has 0 bridgehead atoms. The van der Waals surface area contributed by atoms with Gasteiger partial charge in [0.15, 0.2) is 0 Å². The lowest BCUT2D eigenvalue weighted by Crippen LogP contribution is -2.45. The smallest absolute Gasteiger partial charge is 0.142 e. The normalized spacial score (nSPS) is 22.9. The van der Waals surface area contributed by atoms with Gasteiger partial charge < -0.3 is 20.3 Å². The number of aryl methyl sites for hydroxylation is 1. The molecule has 1 fully saturated rings. The van der Waals surface area contributed by atoms with Gasteiger partial charge in [0, 0.05) is 24.5 Å². The fourth-order valence-corrected chi connectivity index (χ4v) is 3.58. The summed E-state index contributed by atoms with van der Waals surface area (Å²) in [6, 6.07) is 6.10. The van der Waals surface area contributed by atoms with Crippen molar-refractivity contribution >= 4 is 17.7 Å². The number of carbonyl (C=O) groups excluding carboxylic acids is 1. The van der Waals surface area contributed by atoms with Gasteiger partial charge in [-0.15, -0.1) is 0 Å². The Morgan fingerprint density at radius 1 is 1.19 bits per heavy atom. The van der Waals surface area contributed by atoms with E-state index in [1.54, 1.807) is 0 Å². The van der Waals surface area contributed by atoms with E-state index in [0.717, 1.165) is 37.9 Å². The molecule has 4 heteroatoms. The van der Waals surface area contributed by atoms with E-state index in [4.69, 9.17) is 5.73 Å². The summed E-state index contributed by atoms with van der Waals surface area (Å²) in [5.74, 6) is 0. The van der Waals surface area contributed by atoms with Gasteiger partial charge in [-0.25, -0.2) is 0 Å². The van der Waals surface area contributed by atoms with Gasteiger partial charge in [-0.2, -0.15) is 0 Å². The van der Waals surface area contributed by atoms with Crippen LogP contribution < -0.4 is 10.6 Å². The molecule has 0 saturated carbocycles. The molecule has 0 aromatic heterocycles. The van der Waals surface area contributed by atoms with Crippen molar-refractivity contribution in [2.75, 3.05) is 36.8 Å². The molecule has 2 heterocycles. The first-order valence-electron chi connectivity index (χ1n) is 8.10. The molecule has 0 spiro atoms. The number of nitrogen functional groups attached to an aromatic ring is 1. The maximum Gasteiger partial charge on any atom is 0.142 e. The minimum absolute atomic E-state index is 0.0194. The fraction of sp³-hybridized carbons (Fsp3) is 0.588. The number of benzene rings is 1. The van der Waals surface area contributed by atoms with E-state index in [0.29, 0.717) is 0 Å². The number of nitrogens with zero attached hydrogens (tertiary/aromatic N) is 2. The van der Waals surface area contributed by atoms with E-state index in [-0.39, 0.29) is 6.04 Å². The van der Waals surface area contributed by atoms with Crippen LogP contribution in [0.15, 0.2) is 18.2 Å². The van der Waals surface area contributed by atoms with E-state index in [1.165, 1.54) is 43.6 Å². The van der Waals surface area contributed by atoms with Gasteiger partial charge in [-0.3, -0.25) is 0 Å². The zero-order chi connectivity index (χ0) is 14.7. The lowest BCUT2D eigenvalue weighted by molar-refractivity contribution is -0.109. The summed E-state index contributed by atoms with van der Waals surface area (Å²) in [6.07, 6.45) is 6.94. The Morgan fingerprint density at radius 2 is 2.00 bits per heavy atom. The van der Waals surface area contributed by atoms with Gasteiger partial charge >= 0.3 is 0 Å². The quantitative estimate of drug-likeness (QED) is 0.680. The third-order valence-electron chi connectivity index (χ3n) is 4.79. The number of nitrogens with two attached hydrogens (primary N) is 1. The first-order chi connectivity index (χ1) is 10.3. The Balaban J connectivity index is 1.73. The highest BCUT2D eigenvalue weighted by Gasteiger charge is 2.26. The molecule has 2 N–H and O–H groups in total. The molecule has 0 radical (unpaired) electrons. The van der Waals surface area contributed by atoms with E-state index < -0.39 is 0 Å². The van der Waals surface area contributed by atoms with Crippen molar-refractivity contribution < 1.29 is 4.79 Å². The molecule has 1 saturated heterocycles. The molecule has 4 nitrogen and oxygen atoms in total. The number of aldehydes is 1. The molecule has 21 heavy (non-hydrogen) atoms. The molecule has 0 amide bonds. The number of hydrogen-bond donors (Lipinski definition) is 1. The van der Waals surface area contributed by atoms with E-state index in [2.05, 4.69) is 21.9 Å². The largest absolute Gasteiger partial charge is 0.399 e. The Kier molecular flexibility index (Phi) is 4.44. The van der Waals surface area contributed by atoms with Gasteiger partial charge in [-0.05, 0) is 62.5 Å². The molecular weight excluding hydrogens is 262 g/mol. The lowest BCUT2D eigenvalue weighted by Gasteiger charge is -2.38. The Morgan fingerprint density at radius 3 is 2.76 bits per heavy atom. The molecule has 2 aliphatic rings. The highest BCUT2D eigenvalue weighted by atomic mass is 16.1. The second-order valence-corrected chi connectivity index (χ2v) is 6.23. The summed E-state index contributed by atoms with van der Waals surface area (Å²) in [6.45, 7) is 4.39. The molecule has 1 unspecified atom stereocenters. The Labute approximate surface area is 126 Å². The monoisotopic (exact) mass is 287 g/mol. The minimum atomic E-state index is 0.0194. The molecule has 1 atom stereocenters. The van der Waals surface area contributed by atoms with E-state index >= 15 is 0 Å². The van der Waals surface area contributed by atoms with Crippen LogP contribution in [0.3, 0.4) is 0 Å². The number of carbonyl (C=O) groups is 1. The number of likely N-dealkylation sites (tertiary alicyclic amines) is 1. The van der Waals surface area contributed by atoms with Crippen LogP contribution in [0.5, 0.6) is 0 Å². The van der Waals surface area contributed by atoms with Crippen LogP contribution in [0.2, 0.25) is 0 Å². The van der Waals surface area contributed by atoms with Crippen LogP contribution in [0.25, 0.3) is 0 Å². The first-order valence-corrected chi connectivity index (χ1v) is 8.10. The van der Waals surface area contributed by atoms with Crippen LogP contribution in [-0.4, -0.2) is 43.4 Å². The third kappa shape index (κ3) is 3.21. The summed E-state index contributed by atoms with van der Waals surface area (Å²) in [5.41, 5.74) is 9.19. The van der Waals surface area contributed by atoms with Crippen LogP contribution >= 0.6 is 0 Å². The molecule has 2 aliphatic heterocycles. The Bertz CT molecular complexity index is 497. The maximum absolute atomic E-state index is 11.4. The third-order valence-corrected chi connectivity index (χ3v) is 4.79. The second-order valence-electron chi connectivity index (χ2n) is 6.23. The summed E-state index contributed by atoms with van der Waals surface area (Å²) in [7, 11) is 0. The molecule has 0 aliphatic carbocycles. The van der Waals surface area contributed by atoms with Crippen LogP contribution in [0, 0.1) is 0 Å². The lowest BCUT2D eigenvalue weighted by atomic mass is 9.96. The van der Waals surface area contributed by atoms with E-state index in [9.17, 15) is 4.79 Å². The van der Waals surface area contributed by atoms with Gasteiger partial charge in [0.05, 0.1) is 6.04 Å². The average molecular weight is 287 g/mol. The predicted octanol–water partition coefficient (Wildman–Crippen LogP) is 2.07. The van der Waals surface area contributed by atoms with Gasteiger partial charge in [0.1, 0.15) is 6.29 Å². The van der Waals surface area contributed by atoms with Crippen molar-refractivity contribution in [1.29, 1.82) is 0 Å². The zero-order valence-corrected chi connectivity index (χ0v) is 12.6. The minimum Gasteiger partial charge on any atom is -0.399 e. The molecule has 114 valence electrons. The molecule has 3 rings (SSSR count). The number of rotatable bonds is 4. The summed E-state index contributed by atoms with van der Waals surface area (Å²) in [4.78, 5) is 16.2. The van der Waals surface area contributed by atoms with Gasteiger partial charge in [0.25, 0.3) is 0 Å². The van der Waals surface area contributed by atoms with E-state index in [1.807, 2.05) is 6.07 Å².